The van der Waals surface area contributed by atoms with Crippen LogP contribution in [-0.2, 0) is 80.1 Å². The third kappa shape index (κ3) is 25.4. The van der Waals surface area contributed by atoms with Gasteiger partial charge in [0.15, 0.2) is 17.3 Å². The standard InChI is InChI=1S/C27H28NO.C24H22NO.C23H20NO.3C5H8O2.3Ir/c1-16-8-17(2)10-20(9-16)23-14-24-21(15-28-23)13-25(29-24)26-18(3)11-22(12-19(26)4)27(5,6)7;1-14-6-15(2)10-19(9-14)21-12-22-20(13-25-21)11-23(26-22)24-17(4)7-16(3)8-18(24)5;1-14-5-15(2)8-18(7-14)21-12-23-20(13-24-21)11-22(25-23)19-9-16(3)6-17(4)10-19;3*1-4(6)3-5(2)7;;;/h8-9,11-15H,1-7H3;6-9,11-13H,1-5H3;5-7,9-13H,1-4H3;3*3,6H,1-2H3;;;/q3*-1;;;;;;. The van der Waals surface area contributed by atoms with Gasteiger partial charge in [-0.15, -0.1) is 105 Å². The van der Waals surface area contributed by atoms with Gasteiger partial charge in [-0.2, -0.15) is 0 Å². The molecule has 15 heteroatoms. The van der Waals surface area contributed by atoms with E-state index in [1.165, 1.54) is 132 Å². The molecule has 0 bridgehead atoms. The third-order valence-corrected chi connectivity index (χ3v) is 15.8. The molecule has 6 heterocycles. The Hall–Kier alpha value is -9.03. The largest absolute Gasteiger partial charge is 0.512 e. The molecule has 0 amide bonds. The van der Waals surface area contributed by atoms with Gasteiger partial charge < -0.3 is 43.5 Å². The molecule has 6 aromatic carbocycles. The van der Waals surface area contributed by atoms with Crippen molar-refractivity contribution in [2.75, 3.05) is 0 Å². The number of benzene rings is 6. The number of ketones is 3. The van der Waals surface area contributed by atoms with Crippen LogP contribution in [0.2, 0.25) is 0 Å². The van der Waals surface area contributed by atoms with E-state index in [4.69, 9.17) is 28.6 Å². The van der Waals surface area contributed by atoms with E-state index in [0.717, 1.165) is 106 Å². The first-order chi connectivity index (χ1) is 47.4. The molecule has 3 N–H and O–H groups in total. The molecule has 0 fully saturated rings. The second-order valence-corrected chi connectivity index (χ2v) is 27.5. The van der Waals surface area contributed by atoms with Crippen molar-refractivity contribution in [3.63, 3.8) is 0 Å². The van der Waals surface area contributed by atoms with Crippen LogP contribution in [0.5, 0.6) is 0 Å². The first-order valence-electron chi connectivity index (χ1n) is 33.5. The third-order valence-electron chi connectivity index (χ3n) is 15.8. The van der Waals surface area contributed by atoms with E-state index in [1.807, 2.05) is 36.8 Å². The molecule has 12 aromatic rings. The summed E-state index contributed by atoms with van der Waals surface area (Å²) in [5, 5.41) is 28.1. The monoisotopic (exact) mass is 1930 g/mol. The molecule has 104 heavy (non-hydrogen) atoms. The second kappa shape index (κ2) is 38.6. The average molecular weight is 1930 g/mol. The van der Waals surface area contributed by atoms with Crippen molar-refractivity contribution >= 4 is 50.3 Å². The number of fused-ring (bicyclic) bond motifs is 3. The van der Waals surface area contributed by atoms with Crippen molar-refractivity contribution in [1.29, 1.82) is 0 Å². The molecular formula is C89H94Ir3N3O9-3. The summed E-state index contributed by atoms with van der Waals surface area (Å²) in [5.41, 5.74) is 28.9. The zero-order valence-electron chi connectivity index (χ0n) is 63.6. The number of hydrogen-bond acceptors (Lipinski definition) is 12. The van der Waals surface area contributed by atoms with Gasteiger partial charge >= 0.3 is 0 Å². The number of rotatable bonds is 9. The van der Waals surface area contributed by atoms with Gasteiger partial charge in [-0.1, -0.05) is 109 Å². The summed E-state index contributed by atoms with van der Waals surface area (Å²) in [5.74, 6) is 2.50. The Labute approximate surface area is 654 Å². The summed E-state index contributed by atoms with van der Waals surface area (Å²) in [6, 6.07) is 50.6. The Bertz CT molecular complexity index is 4900. The van der Waals surface area contributed by atoms with Crippen LogP contribution in [0, 0.1) is 108 Å². The number of allylic oxidation sites excluding steroid dienone is 6. The van der Waals surface area contributed by atoms with E-state index in [0.29, 0.717) is 0 Å². The van der Waals surface area contributed by atoms with E-state index in [-0.39, 0.29) is 100 Å². The SMILES string of the molecule is CC(=O)C=C(C)O.CC(=O)C=C(C)O.CC(=O)C=C(C)O.Cc1[c-]c(-c2cc3oc(-c4c(C)cc(C(C)(C)C)cc4C)cc3cn2)cc(C)c1.Cc1[c-]c(-c2cc3oc(-c4c(C)cc(C)cc4C)cc3cn2)cc(C)c1.Cc1[c-]c(-c2cc3oc(-c4cc(C)cc(C)c4)cc3cn2)cc(C)c1.[Ir].[Ir].[Ir]. The number of carbonyl (C=O) groups excluding carboxylic acids is 3. The fourth-order valence-electron chi connectivity index (χ4n) is 12.1. The Morgan fingerprint density at radius 3 is 0.894 bits per heavy atom. The topological polar surface area (TPSA) is 190 Å². The second-order valence-electron chi connectivity index (χ2n) is 27.5. The Morgan fingerprint density at radius 1 is 0.356 bits per heavy atom. The molecule has 0 atom stereocenters. The van der Waals surface area contributed by atoms with Crippen molar-refractivity contribution in [3.05, 3.63) is 265 Å². The molecule has 12 rings (SSSR count). The van der Waals surface area contributed by atoms with Gasteiger partial charge in [-0.3, -0.25) is 14.4 Å². The maximum atomic E-state index is 10.0. The molecule has 549 valence electrons. The van der Waals surface area contributed by atoms with Gasteiger partial charge in [0.1, 0.15) is 34.0 Å². The summed E-state index contributed by atoms with van der Waals surface area (Å²) < 4.78 is 18.7. The molecule has 0 aliphatic rings. The summed E-state index contributed by atoms with van der Waals surface area (Å²) in [6.45, 7) is 42.7. The van der Waals surface area contributed by atoms with Crippen molar-refractivity contribution in [2.45, 2.75) is 158 Å². The number of aliphatic hydroxyl groups excluding tert-OH is 3. The first-order valence-corrected chi connectivity index (χ1v) is 33.5. The van der Waals surface area contributed by atoms with E-state index in [9.17, 15) is 14.4 Å². The molecular weight excluding hydrogens is 1830 g/mol. The molecule has 0 saturated carbocycles. The summed E-state index contributed by atoms with van der Waals surface area (Å²) in [7, 11) is 0. The predicted molar refractivity (Wildman–Crippen MR) is 413 cm³/mol. The molecule has 0 saturated heterocycles. The minimum atomic E-state index is -0.125. The van der Waals surface area contributed by atoms with Crippen molar-refractivity contribution in [1.82, 2.24) is 15.0 Å². The van der Waals surface area contributed by atoms with Gasteiger partial charge in [0.05, 0.1) is 17.3 Å². The minimum absolute atomic E-state index is 0. The van der Waals surface area contributed by atoms with Crippen LogP contribution in [0.4, 0.5) is 0 Å². The number of nitrogens with zero attached hydrogens (tertiary/aromatic N) is 3. The van der Waals surface area contributed by atoms with Gasteiger partial charge in [-0.05, 0) is 189 Å². The number of aliphatic hydroxyl groups is 3. The fourth-order valence-corrected chi connectivity index (χ4v) is 12.1. The van der Waals surface area contributed by atoms with Crippen LogP contribution in [0.15, 0.2) is 183 Å². The smallest absolute Gasteiger partial charge is 0.155 e. The van der Waals surface area contributed by atoms with E-state index in [1.54, 1.807) is 0 Å². The van der Waals surface area contributed by atoms with Gasteiger partial charge in [0.2, 0.25) is 0 Å². The van der Waals surface area contributed by atoms with Crippen LogP contribution in [0.25, 0.3) is 101 Å². The predicted octanol–water partition coefficient (Wildman–Crippen LogP) is 23.3. The Balaban J connectivity index is 0.000000286. The maximum absolute atomic E-state index is 10.0. The molecule has 0 unspecified atom stereocenters. The number of furan rings is 3. The number of hydrogen-bond donors (Lipinski definition) is 3. The van der Waals surface area contributed by atoms with Crippen LogP contribution >= 0.6 is 0 Å². The first kappa shape index (κ1) is 87.4. The normalized spacial score (nSPS) is 11.2. The Morgan fingerprint density at radius 2 is 0.625 bits per heavy atom. The summed E-state index contributed by atoms with van der Waals surface area (Å²) in [4.78, 5) is 44.0. The zero-order chi connectivity index (χ0) is 74.5. The van der Waals surface area contributed by atoms with E-state index < -0.39 is 0 Å². The number of aryl methyl sites for hydroxylation is 13. The molecule has 0 aliphatic heterocycles. The molecule has 12 nitrogen and oxygen atoms in total. The number of carbonyl (C=O) groups is 3. The minimum Gasteiger partial charge on any atom is -0.512 e. The number of pyridine rings is 3. The molecule has 0 spiro atoms. The Kier molecular flexibility index (Phi) is 32.5. The van der Waals surface area contributed by atoms with Crippen LogP contribution < -0.4 is 0 Å². The molecule has 0 aliphatic carbocycles. The number of aromatic nitrogens is 3. The molecule has 6 aromatic heterocycles. The molecule has 3 radical (unpaired) electrons. The van der Waals surface area contributed by atoms with Crippen LogP contribution in [0.1, 0.15) is 140 Å². The summed E-state index contributed by atoms with van der Waals surface area (Å²) >= 11 is 0. The van der Waals surface area contributed by atoms with Crippen molar-refractivity contribution in [2.24, 2.45) is 0 Å². The zero-order valence-corrected chi connectivity index (χ0v) is 70.8. The van der Waals surface area contributed by atoms with E-state index in [2.05, 4.69) is 241 Å². The van der Waals surface area contributed by atoms with Gasteiger partial charge in [-0.25, -0.2) is 0 Å². The van der Waals surface area contributed by atoms with Crippen molar-refractivity contribution in [3.8, 4) is 67.7 Å². The van der Waals surface area contributed by atoms with Gasteiger partial charge in [0, 0.05) is 130 Å². The van der Waals surface area contributed by atoms with Gasteiger partial charge in [0.25, 0.3) is 0 Å². The van der Waals surface area contributed by atoms with E-state index >= 15 is 0 Å². The summed E-state index contributed by atoms with van der Waals surface area (Å²) in [6.07, 6.45) is 9.17. The maximum Gasteiger partial charge on any atom is 0.155 e. The van der Waals surface area contributed by atoms with Crippen LogP contribution in [-0.4, -0.2) is 47.6 Å². The quantitative estimate of drug-likeness (QED) is 0.0705. The van der Waals surface area contributed by atoms with Crippen LogP contribution in [0.3, 0.4) is 0 Å². The average Bonchev–Trinajstić information content (AvgIpc) is 1.64. The fraction of sp³-hybridized carbons (Fsp3) is 0.258. The van der Waals surface area contributed by atoms with Crippen molar-refractivity contribution < 1.29 is 103 Å².